The van der Waals surface area contributed by atoms with Crippen molar-refractivity contribution >= 4 is 11.0 Å². The number of rotatable bonds is 1. The molecule has 0 unspecified atom stereocenters. The summed E-state index contributed by atoms with van der Waals surface area (Å²) >= 11 is 0. The van der Waals surface area contributed by atoms with Crippen LogP contribution >= 0.6 is 0 Å². The second-order valence-electron chi connectivity index (χ2n) is 5.44. The van der Waals surface area contributed by atoms with E-state index in [0.717, 1.165) is 16.9 Å². The van der Waals surface area contributed by atoms with Gasteiger partial charge in [0, 0.05) is 5.56 Å². The topological polar surface area (TPSA) is 28.7 Å². The maximum absolute atomic E-state index is 4.69. The molecule has 1 aliphatic rings. The predicted molar refractivity (Wildman–Crippen MR) is 78.3 cm³/mol. The monoisotopic (exact) mass is 248 g/mol. The Morgan fingerprint density at radius 3 is 2.84 bits per heavy atom. The van der Waals surface area contributed by atoms with Gasteiger partial charge in [-0.2, -0.15) is 0 Å². The van der Waals surface area contributed by atoms with Crippen LogP contribution < -0.4 is 0 Å². The van der Waals surface area contributed by atoms with Crippen LogP contribution in [0.2, 0.25) is 0 Å². The Balaban J connectivity index is 1.85. The molecule has 1 N–H and O–H groups in total. The quantitative estimate of drug-likeness (QED) is 0.692. The van der Waals surface area contributed by atoms with E-state index in [9.17, 15) is 0 Å². The summed E-state index contributed by atoms with van der Waals surface area (Å²) in [5.74, 6) is 0.982. The third-order valence-electron chi connectivity index (χ3n) is 4.01. The first kappa shape index (κ1) is 10.8. The van der Waals surface area contributed by atoms with Gasteiger partial charge in [0.05, 0.1) is 11.0 Å². The van der Waals surface area contributed by atoms with Gasteiger partial charge in [0.2, 0.25) is 0 Å². The number of H-pyrrole nitrogens is 1. The van der Waals surface area contributed by atoms with Gasteiger partial charge in [0.25, 0.3) is 0 Å². The van der Waals surface area contributed by atoms with Crippen molar-refractivity contribution < 1.29 is 0 Å². The normalized spacial score (nSPS) is 13.9. The molecule has 3 aromatic rings. The van der Waals surface area contributed by atoms with Crippen molar-refractivity contribution in [3.8, 4) is 11.4 Å². The zero-order valence-corrected chi connectivity index (χ0v) is 11.0. The minimum Gasteiger partial charge on any atom is -0.338 e. The maximum Gasteiger partial charge on any atom is 0.138 e. The van der Waals surface area contributed by atoms with Crippen molar-refractivity contribution in [3.05, 3.63) is 53.1 Å². The van der Waals surface area contributed by atoms with Gasteiger partial charge in [-0.05, 0) is 61.1 Å². The highest BCUT2D eigenvalue weighted by Gasteiger charge is 2.13. The molecule has 0 atom stereocenters. The molecule has 0 radical (unpaired) electrons. The van der Waals surface area contributed by atoms with E-state index >= 15 is 0 Å². The predicted octanol–water partition coefficient (Wildman–Crippen LogP) is 4.03. The average Bonchev–Trinajstić information content (AvgIpc) is 3.02. The first-order valence-corrected chi connectivity index (χ1v) is 6.88. The maximum atomic E-state index is 4.69. The molecule has 94 valence electrons. The van der Waals surface area contributed by atoms with Crippen molar-refractivity contribution in [1.29, 1.82) is 0 Å². The summed E-state index contributed by atoms with van der Waals surface area (Å²) in [7, 11) is 0. The summed E-state index contributed by atoms with van der Waals surface area (Å²) in [4.78, 5) is 8.13. The van der Waals surface area contributed by atoms with E-state index in [0.29, 0.717) is 0 Å². The number of benzene rings is 2. The van der Waals surface area contributed by atoms with Crippen molar-refractivity contribution in [2.24, 2.45) is 0 Å². The first-order valence-electron chi connectivity index (χ1n) is 6.88. The molecule has 2 heteroatoms. The van der Waals surface area contributed by atoms with E-state index in [1.807, 2.05) is 0 Å². The van der Waals surface area contributed by atoms with Crippen LogP contribution in [0.1, 0.15) is 23.1 Å². The average molecular weight is 248 g/mol. The highest BCUT2D eigenvalue weighted by Crippen LogP contribution is 2.28. The minimum absolute atomic E-state index is 0.982. The van der Waals surface area contributed by atoms with E-state index in [-0.39, 0.29) is 0 Å². The van der Waals surface area contributed by atoms with E-state index in [4.69, 9.17) is 4.98 Å². The number of hydrogen-bond acceptors (Lipinski definition) is 1. The van der Waals surface area contributed by atoms with Crippen LogP contribution in [-0.2, 0) is 12.8 Å². The van der Waals surface area contributed by atoms with Crippen molar-refractivity contribution in [1.82, 2.24) is 9.97 Å². The van der Waals surface area contributed by atoms with Gasteiger partial charge in [-0.1, -0.05) is 18.2 Å². The second-order valence-corrected chi connectivity index (χ2v) is 5.44. The van der Waals surface area contributed by atoms with Crippen molar-refractivity contribution in [3.63, 3.8) is 0 Å². The molecule has 19 heavy (non-hydrogen) atoms. The standard InChI is InChI=1S/C17H16N2/c1-11-5-8-15-16(9-11)19-17(18-15)14-7-6-12-3-2-4-13(12)10-14/h5-10H,2-4H2,1H3,(H,18,19). The van der Waals surface area contributed by atoms with Crippen LogP contribution in [0.5, 0.6) is 0 Å². The number of hydrogen-bond donors (Lipinski definition) is 1. The Morgan fingerprint density at radius 2 is 1.89 bits per heavy atom. The van der Waals surface area contributed by atoms with Crippen LogP contribution in [-0.4, -0.2) is 9.97 Å². The van der Waals surface area contributed by atoms with E-state index in [2.05, 4.69) is 48.3 Å². The molecule has 0 fully saturated rings. The molecule has 0 aliphatic heterocycles. The van der Waals surface area contributed by atoms with Gasteiger partial charge in [0.15, 0.2) is 0 Å². The molecular formula is C17H16N2. The fourth-order valence-corrected chi connectivity index (χ4v) is 2.98. The Bertz CT molecular complexity index is 768. The van der Waals surface area contributed by atoms with Gasteiger partial charge in [-0.15, -0.1) is 0 Å². The zero-order valence-electron chi connectivity index (χ0n) is 11.0. The fourth-order valence-electron chi connectivity index (χ4n) is 2.98. The summed E-state index contributed by atoms with van der Waals surface area (Å²) < 4.78 is 0. The van der Waals surface area contributed by atoms with E-state index in [1.165, 1.54) is 41.5 Å². The molecule has 0 spiro atoms. The molecule has 4 rings (SSSR count). The van der Waals surface area contributed by atoms with Gasteiger partial charge >= 0.3 is 0 Å². The lowest BCUT2D eigenvalue weighted by Crippen LogP contribution is -1.85. The van der Waals surface area contributed by atoms with Crippen LogP contribution in [0.4, 0.5) is 0 Å². The molecule has 0 saturated heterocycles. The zero-order chi connectivity index (χ0) is 12.8. The third-order valence-corrected chi connectivity index (χ3v) is 4.01. The summed E-state index contributed by atoms with van der Waals surface area (Å²) in [5, 5.41) is 0. The smallest absolute Gasteiger partial charge is 0.138 e. The lowest BCUT2D eigenvalue weighted by molar-refractivity contribution is 0.912. The molecule has 0 bridgehead atoms. The number of aromatic amines is 1. The van der Waals surface area contributed by atoms with E-state index in [1.54, 1.807) is 0 Å². The second kappa shape index (κ2) is 3.95. The van der Waals surface area contributed by atoms with Crippen molar-refractivity contribution in [2.75, 3.05) is 0 Å². The number of aromatic nitrogens is 2. The van der Waals surface area contributed by atoms with Crippen LogP contribution in [0.3, 0.4) is 0 Å². The van der Waals surface area contributed by atoms with Crippen LogP contribution in [0.25, 0.3) is 22.4 Å². The largest absolute Gasteiger partial charge is 0.338 e. The Hall–Kier alpha value is -2.09. The van der Waals surface area contributed by atoms with Crippen LogP contribution in [0, 0.1) is 6.92 Å². The fraction of sp³-hybridized carbons (Fsp3) is 0.235. The van der Waals surface area contributed by atoms with Gasteiger partial charge in [0.1, 0.15) is 5.82 Å². The van der Waals surface area contributed by atoms with Gasteiger partial charge in [-0.3, -0.25) is 0 Å². The number of nitrogens with one attached hydrogen (secondary N) is 1. The molecule has 2 aromatic carbocycles. The van der Waals surface area contributed by atoms with Crippen molar-refractivity contribution in [2.45, 2.75) is 26.2 Å². The molecular weight excluding hydrogens is 232 g/mol. The molecule has 0 saturated carbocycles. The van der Waals surface area contributed by atoms with Gasteiger partial charge in [-0.25, -0.2) is 4.98 Å². The lowest BCUT2D eigenvalue weighted by atomic mass is 10.1. The van der Waals surface area contributed by atoms with E-state index < -0.39 is 0 Å². The minimum atomic E-state index is 0.982. The molecule has 1 heterocycles. The molecule has 1 aromatic heterocycles. The Kier molecular flexibility index (Phi) is 2.25. The number of fused-ring (bicyclic) bond motifs is 2. The Morgan fingerprint density at radius 1 is 1.00 bits per heavy atom. The summed E-state index contributed by atoms with van der Waals surface area (Å²) in [5.41, 5.74) is 7.63. The highest BCUT2D eigenvalue weighted by atomic mass is 14.9. The van der Waals surface area contributed by atoms with Gasteiger partial charge < -0.3 is 4.98 Å². The third kappa shape index (κ3) is 1.75. The number of imidazole rings is 1. The summed E-state index contributed by atoms with van der Waals surface area (Å²) in [6, 6.07) is 13.1. The summed E-state index contributed by atoms with van der Waals surface area (Å²) in [6.07, 6.45) is 3.73. The summed E-state index contributed by atoms with van der Waals surface area (Å²) in [6.45, 7) is 2.11. The number of aryl methyl sites for hydroxylation is 3. The first-order chi connectivity index (χ1) is 9.29. The van der Waals surface area contributed by atoms with Crippen LogP contribution in [0.15, 0.2) is 36.4 Å². The molecule has 1 aliphatic carbocycles. The molecule has 0 amide bonds. The highest BCUT2D eigenvalue weighted by molar-refractivity contribution is 5.80. The molecule has 2 nitrogen and oxygen atoms in total. The number of nitrogens with zero attached hydrogens (tertiary/aromatic N) is 1. The lowest BCUT2D eigenvalue weighted by Gasteiger charge is -2.01. The Labute approximate surface area is 112 Å². The SMILES string of the molecule is Cc1ccc2nc(-c3ccc4c(c3)CCC4)[nH]c2c1.